The molecule has 0 spiro atoms. The molecule has 0 saturated heterocycles. The van der Waals surface area contributed by atoms with E-state index in [2.05, 4.69) is 18.3 Å². The van der Waals surface area contributed by atoms with Gasteiger partial charge < -0.3 is 0 Å². The smallest absolute Gasteiger partial charge is 0.0842 e. The molecule has 0 aromatic heterocycles. The molecule has 1 aliphatic rings. The maximum Gasteiger partial charge on any atom is 0.0842 e. The Labute approximate surface area is 81.2 Å². The van der Waals surface area contributed by atoms with Crippen molar-refractivity contribution in [3.05, 3.63) is 0 Å². The Balaban J connectivity index is 2.36. The fourth-order valence-corrected chi connectivity index (χ4v) is 2.25. The molecule has 1 rings (SSSR count). The monoisotopic (exact) mass is 180 g/mol. The number of nitrogens with two attached hydrogens (primary N) is 1. The molecule has 0 aromatic carbocycles. The fourth-order valence-electron chi connectivity index (χ4n) is 2.25. The van der Waals surface area contributed by atoms with Crippen LogP contribution in [-0.4, -0.2) is 6.04 Å². The maximum absolute atomic E-state index is 5.39. The summed E-state index contributed by atoms with van der Waals surface area (Å²) in [4.78, 5) is 0. The summed E-state index contributed by atoms with van der Waals surface area (Å²) >= 11 is 0. The molecule has 0 aliphatic heterocycles. The van der Waals surface area contributed by atoms with Crippen molar-refractivity contribution < 1.29 is 0 Å². The lowest BCUT2D eigenvalue weighted by molar-refractivity contribution is 0.242. The fraction of sp³-hybridized carbons (Fsp3) is 0.818. The van der Waals surface area contributed by atoms with Gasteiger partial charge in [-0.05, 0) is 24.7 Å². The Bertz CT molecular complexity index is 175. The molecule has 0 bridgehead atoms. The van der Waals surface area contributed by atoms with Crippen molar-refractivity contribution in [3.8, 4) is 12.3 Å². The Morgan fingerprint density at radius 3 is 2.46 bits per heavy atom. The van der Waals surface area contributed by atoms with Crippen molar-refractivity contribution in [2.24, 2.45) is 17.7 Å². The first-order valence-corrected chi connectivity index (χ1v) is 5.24. The van der Waals surface area contributed by atoms with E-state index in [1.807, 2.05) is 0 Å². The van der Waals surface area contributed by atoms with Crippen LogP contribution < -0.4 is 11.3 Å². The number of hydrogen-bond acceptors (Lipinski definition) is 2. The number of rotatable bonds is 3. The van der Waals surface area contributed by atoms with Crippen LogP contribution in [0, 0.1) is 24.2 Å². The van der Waals surface area contributed by atoms with Crippen LogP contribution in [0.15, 0.2) is 0 Å². The molecule has 1 saturated carbocycles. The molecular formula is C11H20N2. The molecule has 0 heterocycles. The highest BCUT2D eigenvalue weighted by Crippen LogP contribution is 2.31. The van der Waals surface area contributed by atoms with Gasteiger partial charge in [0, 0.05) is 0 Å². The normalized spacial score (nSPS) is 30.8. The van der Waals surface area contributed by atoms with Crippen molar-refractivity contribution in [3.63, 3.8) is 0 Å². The minimum atomic E-state index is 0.0813. The Morgan fingerprint density at radius 1 is 1.46 bits per heavy atom. The lowest BCUT2D eigenvalue weighted by Gasteiger charge is -2.30. The number of hydrazine groups is 1. The van der Waals surface area contributed by atoms with Crippen molar-refractivity contribution in [2.75, 3.05) is 0 Å². The van der Waals surface area contributed by atoms with E-state index >= 15 is 0 Å². The zero-order chi connectivity index (χ0) is 9.68. The molecule has 3 N–H and O–H groups in total. The first-order valence-electron chi connectivity index (χ1n) is 5.24. The third-order valence-corrected chi connectivity index (χ3v) is 3.30. The number of nitrogens with one attached hydrogen (secondary N) is 1. The summed E-state index contributed by atoms with van der Waals surface area (Å²) < 4.78 is 0. The highest BCUT2D eigenvalue weighted by atomic mass is 15.2. The second kappa shape index (κ2) is 5.26. The van der Waals surface area contributed by atoms with Gasteiger partial charge in [0.2, 0.25) is 0 Å². The highest BCUT2D eigenvalue weighted by Gasteiger charge is 2.24. The standard InChI is InChI=1S/C11H20N2/c1-3-9-5-7-10(8-6-9)11(4-2)13-12/h2,9-11,13H,3,5-8,12H2,1H3. The lowest BCUT2D eigenvalue weighted by atomic mass is 9.78. The summed E-state index contributed by atoms with van der Waals surface area (Å²) in [5, 5.41) is 0. The van der Waals surface area contributed by atoms with Crippen LogP contribution in [0.1, 0.15) is 39.0 Å². The molecule has 0 amide bonds. The average molecular weight is 180 g/mol. The second-order valence-electron chi connectivity index (χ2n) is 4.00. The zero-order valence-electron chi connectivity index (χ0n) is 8.42. The lowest BCUT2D eigenvalue weighted by Crippen LogP contribution is -2.41. The number of terminal acetylenes is 1. The molecule has 2 heteroatoms. The summed E-state index contributed by atoms with van der Waals surface area (Å²) in [5.41, 5.74) is 2.72. The van der Waals surface area contributed by atoms with Gasteiger partial charge in [0.05, 0.1) is 6.04 Å². The van der Waals surface area contributed by atoms with Gasteiger partial charge in [0.15, 0.2) is 0 Å². The molecule has 0 aromatic rings. The molecule has 1 fully saturated rings. The third-order valence-electron chi connectivity index (χ3n) is 3.30. The van der Waals surface area contributed by atoms with Gasteiger partial charge in [-0.15, -0.1) is 6.42 Å². The average Bonchev–Trinajstić information content (AvgIpc) is 2.21. The van der Waals surface area contributed by atoms with Crippen LogP contribution in [0.2, 0.25) is 0 Å². The van der Waals surface area contributed by atoms with E-state index in [1.165, 1.54) is 32.1 Å². The Morgan fingerprint density at radius 2 is 2.08 bits per heavy atom. The topological polar surface area (TPSA) is 38.0 Å². The van der Waals surface area contributed by atoms with Gasteiger partial charge in [-0.1, -0.05) is 32.1 Å². The van der Waals surface area contributed by atoms with Gasteiger partial charge in [-0.3, -0.25) is 5.84 Å². The largest absolute Gasteiger partial charge is 0.270 e. The van der Waals surface area contributed by atoms with Crippen LogP contribution in [0.3, 0.4) is 0 Å². The highest BCUT2D eigenvalue weighted by molar-refractivity contribution is 5.02. The summed E-state index contributed by atoms with van der Waals surface area (Å²) in [6, 6.07) is 0.0813. The molecule has 1 unspecified atom stereocenters. The second-order valence-corrected chi connectivity index (χ2v) is 4.00. The SMILES string of the molecule is C#CC(NN)C1CCC(CC)CC1. The first-order chi connectivity index (χ1) is 6.31. The third kappa shape index (κ3) is 2.72. The van der Waals surface area contributed by atoms with E-state index in [-0.39, 0.29) is 6.04 Å². The van der Waals surface area contributed by atoms with Gasteiger partial charge >= 0.3 is 0 Å². The quantitative estimate of drug-likeness (QED) is 0.394. The van der Waals surface area contributed by atoms with Crippen LogP contribution in [0.5, 0.6) is 0 Å². The zero-order valence-corrected chi connectivity index (χ0v) is 8.42. The summed E-state index contributed by atoms with van der Waals surface area (Å²) in [6.45, 7) is 2.27. The van der Waals surface area contributed by atoms with Crippen LogP contribution in [0.4, 0.5) is 0 Å². The molecule has 1 atom stereocenters. The Hall–Kier alpha value is -0.520. The van der Waals surface area contributed by atoms with E-state index in [1.54, 1.807) is 0 Å². The minimum absolute atomic E-state index is 0.0813. The van der Waals surface area contributed by atoms with Crippen molar-refractivity contribution in [1.82, 2.24) is 5.43 Å². The summed E-state index contributed by atoms with van der Waals surface area (Å²) in [5.74, 6) is 9.63. The van der Waals surface area contributed by atoms with Gasteiger partial charge in [-0.25, -0.2) is 5.43 Å². The van der Waals surface area contributed by atoms with Gasteiger partial charge in [0.25, 0.3) is 0 Å². The molecule has 2 nitrogen and oxygen atoms in total. The van der Waals surface area contributed by atoms with Crippen molar-refractivity contribution in [1.29, 1.82) is 0 Å². The van der Waals surface area contributed by atoms with Crippen LogP contribution >= 0.6 is 0 Å². The molecule has 74 valence electrons. The number of hydrogen-bond donors (Lipinski definition) is 2. The van der Waals surface area contributed by atoms with E-state index in [9.17, 15) is 0 Å². The molecule has 1 aliphatic carbocycles. The van der Waals surface area contributed by atoms with Crippen LogP contribution in [0.25, 0.3) is 0 Å². The van der Waals surface area contributed by atoms with E-state index in [4.69, 9.17) is 12.3 Å². The van der Waals surface area contributed by atoms with Crippen LogP contribution in [-0.2, 0) is 0 Å². The minimum Gasteiger partial charge on any atom is -0.270 e. The van der Waals surface area contributed by atoms with Gasteiger partial charge in [0.1, 0.15) is 0 Å². The molecular weight excluding hydrogens is 160 g/mol. The Kier molecular flexibility index (Phi) is 4.27. The van der Waals surface area contributed by atoms with Gasteiger partial charge in [-0.2, -0.15) is 0 Å². The summed E-state index contributed by atoms with van der Waals surface area (Å²) in [7, 11) is 0. The first kappa shape index (κ1) is 10.6. The van der Waals surface area contributed by atoms with Crippen molar-refractivity contribution >= 4 is 0 Å². The molecule has 13 heavy (non-hydrogen) atoms. The molecule has 0 radical (unpaired) electrons. The van der Waals surface area contributed by atoms with E-state index in [0.29, 0.717) is 5.92 Å². The predicted molar refractivity (Wildman–Crippen MR) is 55.7 cm³/mol. The maximum atomic E-state index is 5.39. The van der Waals surface area contributed by atoms with Crippen molar-refractivity contribution in [2.45, 2.75) is 45.1 Å². The predicted octanol–water partition coefficient (Wildman–Crippen LogP) is 1.67. The van der Waals surface area contributed by atoms with E-state index < -0.39 is 0 Å². The summed E-state index contributed by atoms with van der Waals surface area (Å²) in [6.07, 6.45) is 11.8. The van der Waals surface area contributed by atoms with E-state index in [0.717, 1.165) is 5.92 Å².